The number of nitrogens with two attached hydrogens (primary N) is 1. The van der Waals surface area contributed by atoms with Crippen molar-refractivity contribution < 1.29 is 4.74 Å². The Morgan fingerprint density at radius 2 is 1.96 bits per heavy atom. The number of guanidine groups is 1. The largest absolute Gasteiger partial charge is 0.383 e. The van der Waals surface area contributed by atoms with Gasteiger partial charge in [-0.2, -0.15) is 0 Å². The van der Waals surface area contributed by atoms with Crippen LogP contribution in [0.3, 0.4) is 0 Å². The first-order valence-corrected chi connectivity index (χ1v) is 8.97. The van der Waals surface area contributed by atoms with Gasteiger partial charge in [0, 0.05) is 31.9 Å². The first-order valence-electron chi connectivity index (χ1n) is 8.97. The summed E-state index contributed by atoms with van der Waals surface area (Å²) < 4.78 is 5.08. The topological polar surface area (TPSA) is 62.9 Å². The van der Waals surface area contributed by atoms with Crippen LogP contribution in [0.4, 0.5) is 5.69 Å². The summed E-state index contributed by atoms with van der Waals surface area (Å²) in [6.45, 7) is 3.21. The van der Waals surface area contributed by atoms with Gasteiger partial charge in [0.15, 0.2) is 5.96 Å². The lowest BCUT2D eigenvalue weighted by Gasteiger charge is -2.33. The number of aliphatic imine (C=N–C) groups is 1. The van der Waals surface area contributed by atoms with Crippen molar-refractivity contribution in [2.45, 2.75) is 57.7 Å². The third kappa shape index (κ3) is 5.71. The second kappa shape index (κ2) is 9.52. The molecule has 0 spiro atoms. The van der Waals surface area contributed by atoms with Crippen LogP contribution < -0.4 is 16.0 Å². The Morgan fingerprint density at radius 3 is 2.58 bits per heavy atom. The van der Waals surface area contributed by atoms with E-state index in [1.54, 1.807) is 7.11 Å². The van der Waals surface area contributed by atoms with Gasteiger partial charge in [-0.1, -0.05) is 31.4 Å². The second-order valence-corrected chi connectivity index (χ2v) is 6.77. The van der Waals surface area contributed by atoms with Crippen LogP contribution in [0.25, 0.3) is 0 Å². The number of rotatable bonds is 7. The molecule has 0 heterocycles. The van der Waals surface area contributed by atoms with Crippen molar-refractivity contribution in [3.8, 4) is 0 Å². The molecule has 3 N–H and O–H groups in total. The van der Waals surface area contributed by atoms with Gasteiger partial charge in [-0.25, -0.2) is 4.99 Å². The van der Waals surface area contributed by atoms with E-state index in [-0.39, 0.29) is 6.04 Å². The molecule has 2 rings (SSSR count). The number of methoxy groups -OCH3 is 1. The summed E-state index contributed by atoms with van der Waals surface area (Å²) in [6, 6.07) is 9.51. The highest BCUT2D eigenvalue weighted by molar-refractivity contribution is 5.78. The van der Waals surface area contributed by atoms with E-state index in [1.807, 2.05) is 6.92 Å². The fraction of sp³-hybridized carbons (Fsp3) is 0.632. The monoisotopic (exact) mass is 332 g/mol. The molecule has 24 heavy (non-hydrogen) atoms. The third-order valence-corrected chi connectivity index (χ3v) is 4.71. The van der Waals surface area contributed by atoms with Crippen LogP contribution in [0, 0.1) is 0 Å². The van der Waals surface area contributed by atoms with E-state index in [1.165, 1.54) is 43.4 Å². The van der Waals surface area contributed by atoms with Crippen molar-refractivity contribution in [1.82, 2.24) is 5.32 Å². The van der Waals surface area contributed by atoms with Crippen molar-refractivity contribution in [1.29, 1.82) is 0 Å². The van der Waals surface area contributed by atoms with Crippen LogP contribution in [0.5, 0.6) is 0 Å². The fourth-order valence-corrected chi connectivity index (χ4v) is 3.28. The number of nitrogens with zero attached hydrogens (tertiary/aromatic N) is 2. The highest BCUT2D eigenvalue weighted by atomic mass is 16.5. The molecule has 0 aromatic heterocycles. The highest BCUT2D eigenvalue weighted by Gasteiger charge is 2.18. The van der Waals surface area contributed by atoms with Crippen LogP contribution in [-0.2, 0) is 11.3 Å². The minimum atomic E-state index is 0.158. The zero-order valence-electron chi connectivity index (χ0n) is 15.3. The van der Waals surface area contributed by atoms with E-state index in [2.05, 4.69) is 46.5 Å². The number of anilines is 1. The number of ether oxygens (including phenoxy) is 1. The summed E-state index contributed by atoms with van der Waals surface area (Å²) in [4.78, 5) is 6.82. The molecule has 0 amide bonds. The molecule has 5 nitrogen and oxygen atoms in total. The third-order valence-electron chi connectivity index (χ3n) is 4.71. The molecule has 1 aliphatic carbocycles. The van der Waals surface area contributed by atoms with Gasteiger partial charge >= 0.3 is 0 Å². The van der Waals surface area contributed by atoms with E-state index >= 15 is 0 Å². The molecule has 1 atom stereocenters. The summed E-state index contributed by atoms with van der Waals surface area (Å²) in [5.41, 5.74) is 8.36. The van der Waals surface area contributed by atoms with Gasteiger partial charge in [-0.3, -0.25) is 0 Å². The molecule has 1 fully saturated rings. The van der Waals surface area contributed by atoms with Gasteiger partial charge in [0.25, 0.3) is 0 Å². The van der Waals surface area contributed by atoms with Crippen LogP contribution in [-0.4, -0.2) is 38.8 Å². The maximum absolute atomic E-state index is 5.90. The van der Waals surface area contributed by atoms with Crippen molar-refractivity contribution in [3.05, 3.63) is 29.8 Å². The first-order chi connectivity index (χ1) is 11.6. The van der Waals surface area contributed by atoms with Crippen LogP contribution in [0.2, 0.25) is 0 Å². The van der Waals surface area contributed by atoms with Gasteiger partial charge in [-0.15, -0.1) is 0 Å². The lowest BCUT2D eigenvalue weighted by atomic mass is 9.94. The molecular formula is C19H32N4O. The Balaban J connectivity index is 1.87. The number of nitrogens with one attached hydrogen (secondary N) is 1. The molecule has 0 radical (unpaired) electrons. The highest BCUT2D eigenvalue weighted by Crippen LogP contribution is 2.26. The number of hydrogen-bond donors (Lipinski definition) is 2. The quantitative estimate of drug-likeness (QED) is 0.595. The smallest absolute Gasteiger partial charge is 0.189 e. The predicted molar refractivity (Wildman–Crippen MR) is 102 cm³/mol. The summed E-state index contributed by atoms with van der Waals surface area (Å²) >= 11 is 0. The molecule has 5 heteroatoms. The van der Waals surface area contributed by atoms with Gasteiger partial charge in [0.1, 0.15) is 0 Å². The number of benzene rings is 1. The summed E-state index contributed by atoms with van der Waals surface area (Å²) in [5, 5.41) is 3.12. The second-order valence-electron chi connectivity index (χ2n) is 6.77. The van der Waals surface area contributed by atoms with Crippen molar-refractivity contribution in [2.24, 2.45) is 10.7 Å². The van der Waals surface area contributed by atoms with Crippen molar-refractivity contribution in [3.63, 3.8) is 0 Å². The normalized spacial score (nSPS) is 17.5. The molecule has 0 saturated heterocycles. The molecule has 1 saturated carbocycles. The summed E-state index contributed by atoms with van der Waals surface area (Å²) in [7, 11) is 3.89. The predicted octanol–water partition coefficient (Wildman–Crippen LogP) is 2.89. The Morgan fingerprint density at radius 1 is 1.29 bits per heavy atom. The molecule has 1 aromatic carbocycles. The van der Waals surface area contributed by atoms with E-state index in [9.17, 15) is 0 Å². The van der Waals surface area contributed by atoms with Gasteiger partial charge < -0.3 is 20.7 Å². The lowest BCUT2D eigenvalue weighted by molar-refractivity contribution is 0.179. The van der Waals surface area contributed by atoms with Crippen LogP contribution in [0.1, 0.15) is 44.6 Å². The zero-order chi connectivity index (χ0) is 17.4. The van der Waals surface area contributed by atoms with E-state index in [0.717, 1.165) is 0 Å². The molecule has 1 aliphatic rings. The maximum Gasteiger partial charge on any atom is 0.189 e. The summed E-state index contributed by atoms with van der Waals surface area (Å²) in [5.74, 6) is 0.461. The Labute approximate surface area is 146 Å². The molecule has 1 aromatic rings. The summed E-state index contributed by atoms with van der Waals surface area (Å²) in [6.07, 6.45) is 6.72. The van der Waals surface area contributed by atoms with Gasteiger partial charge in [-0.05, 0) is 37.5 Å². The van der Waals surface area contributed by atoms with Crippen molar-refractivity contribution >= 4 is 11.6 Å². The van der Waals surface area contributed by atoms with Crippen LogP contribution >= 0.6 is 0 Å². The Bertz CT molecular complexity index is 509. The minimum absolute atomic E-state index is 0.158. The van der Waals surface area contributed by atoms with Gasteiger partial charge in [0.05, 0.1) is 13.2 Å². The molecule has 0 bridgehead atoms. The molecular weight excluding hydrogens is 300 g/mol. The van der Waals surface area contributed by atoms with Crippen LogP contribution in [0.15, 0.2) is 29.3 Å². The maximum atomic E-state index is 5.90. The average molecular weight is 332 g/mol. The number of hydrogen-bond acceptors (Lipinski definition) is 3. The molecule has 1 unspecified atom stereocenters. The zero-order valence-corrected chi connectivity index (χ0v) is 15.3. The average Bonchev–Trinajstić information content (AvgIpc) is 2.61. The first kappa shape index (κ1) is 18.6. The van der Waals surface area contributed by atoms with Crippen molar-refractivity contribution in [2.75, 3.05) is 25.7 Å². The Kier molecular flexibility index (Phi) is 7.37. The van der Waals surface area contributed by atoms with E-state index in [4.69, 9.17) is 10.5 Å². The standard InChI is InChI=1S/C19H32N4O/c1-15(14-24-3)22-19(20)21-13-16-9-11-18(12-10-16)23(2)17-7-5-4-6-8-17/h9-12,15,17H,4-8,13-14H2,1-3H3,(H3,20,21,22). The molecule has 134 valence electrons. The SMILES string of the molecule is COCC(C)NC(N)=NCc1ccc(N(C)C2CCCCC2)cc1. The Hall–Kier alpha value is -1.75. The van der Waals surface area contributed by atoms with Gasteiger partial charge in [0.2, 0.25) is 0 Å². The van der Waals surface area contributed by atoms with E-state index in [0.29, 0.717) is 25.2 Å². The fourth-order valence-electron chi connectivity index (χ4n) is 3.28. The lowest BCUT2D eigenvalue weighted by Crippen LogP contribution is -2.40. The molecule has 0 aliphatic heterocycles. The minimum Gasteiger partial charge on any atom is -0.383 e. The van der Waals surface area contributed by atoms with E-state index < -0.39 is 0 Å².